The van der Waals surface area contributed by atoms with E-state index in [1.807, 2.05) is 0 Å². The number of amides is 2. The predicted molar refractivity (Wildman–Crippen MR) is 79.4 cm³/mol. The second kappa shape index (κ2) is 4.76. The van der Waals surface area contributed by atoms with Crippen molar-refractivity contribution in [2.45, 2.75) is 38.0 Å². The van der Waals surface area contributed by atoms with E-state index >= 15 is 0 Å². The molecule has 0 aliphatic heterocycles. The molecule has 0 atom stereocenters. The van der Waals surface area contributed by atoms with Crippen LogP contribution in [0.15, 0.2) is 24.3 Å². The quantitative estimate of drug-likeness (QED) is 0.779. The monoisotopic (exact) mass is 288 g/mol. The summed E-state index contributed by atoms with van der Waals surface area (Å²) in [5, 5.41) is 14.9. The first-order chi connectivity index (χ1) is 9.93. The minimum Gasteiger partial charge on any atom is -0.481 e. The highest BCUT2D eigenvalue weighted by Gasteiger charge is 2.51. The Labute approximate surface area is 123 Å². The van der Waals surface area contributed by atoms with E-state index in [2.05, 4.69) is 17.6 Å². The molecule has 3 N–H and O–H groups in total. The molecule has 1 aromatic rings. The summed E-state index contributed by atoms with van der Waals surface area (Å²) in [6.07, 6.45) is 3.71. The molecule has 2 saturated carbocycles. The molecule has 0 saturated heterocycles. The minimum atomic E-state index is -0.765. The lowest BCUT2D eigenvalue weighted by molar-refractivity contribution is -0.140. The van der Waals surface area contributed by atoms with Gasteiger partial charge in [-0.15, -0.1) is 0 Å². The van der Waals surface area contributed by atoms with Gasteiger partial charge in [0.1, 0.15) is 0 Å². The maximum atomic E-state index is 11.8. The van der Waals surface area contributed by atoms with E-state index in [0.29, 0.717) is 25.1 Å². The Morgan fingerprint density at radius 3 is 2.24 bits per heavy atom. The van der Waals surface area contributed by atoms with Gasteiger partial charge >= 0.3 is 12.0 Å². The van der Waals surface area contributed by atoms with Crippen molar-refractivity contribution in [2.75, 3.05) is 11.9 Å². The van der Waals surface area contributed by atoms with E-state index in [0.717, 1.165) is 5.56 Å². The van der Waals surface area contributed by atoms with Gasteiger partial charge < -0.3 is 15.7 Å². The van der Waals surface area contributed by atoms with Crippen LogP contribution in [0.2, 0.25) is 0 Å². The number of anilines is 1. The zero-order chi connectivity index (χ0) is 15.1. The third-order valence-electron chi connectivity index (χ3n) is 4.63. The first kappa shape index (κ1) is 13.9. The zero-order valence-corrected chi connectivity index (χ0v) is 12.1. The molecule has 2 aliphatic rings. The molecule has 2 amide bonds. The molecule has 3 rings (SSSR count). The second-order valence-electron chi connectivity index (χ2n) is 6.58. The highest BCUT2D eigenvalue weighted by atomic mass is 16.4. The maximum Gasteiger partial charge on any atom is 0.319 e. The highest BCUT2D eigenvalue weighted by Crippen LogP contribution is 2.48. The third-order valence-corrected chi connectivity index (χ3v) is 4.63. The Hall–Kier alpha value is -2.04. The summed E-state index contributed by atoms with van der Waals surface area (Å²) in [6, 6.07) is 6.89. The molecule has 0 bridgehead atoms. The summed E-state index contributed by atoms with van der Waals surface area (Å²) in [4.78, 5) is 23.0. The average Bonchev–Trinajstić information content (AvgIpc) is 3.34. The zero-order valence-electron chi connectivity index (χ0n) is 12.1. The number of rotatable bonds is 5. The van der Waals surface area contributed by atoms with Crippen LogP contribution in [0.5, 0.6) is 0 Å². The number of aliphatic carboxylic acids is 1. The number of benzene rings is 1. The van der Waals surface area contributed by atoms with Gasteiger partial charge in [0.25, 0.3) is 0 Å². The van der Waals surface area contributed by atoms with Gasteiger partial charge in [-0.2, -0.15) is 0 Å². The van der Waals surface area contributed by atoms with Crippen LogP contribution in [0.1, 0.15) is 38.2 Å². The van der Waals surface area contributed by atoms with Crippen molar-refractivity contribution >= 4 is 17.7 Å². The molecule has 0 radical (unpaired) electrons. The number of hydrogen-bond acceptors (Lipinski definition) is 2. The fourth-order valence-corrected chi connectivity index (χ4v) is 2.48. The largest absolute Gasteiger partial charge is 0.481 e. The van der Waals surface area contributed by atoms with Crippen molar-refractivity contribution in [3.8, 4) is 0 Å². The van der Waals surface area contributed by atoms with Crippen LogP contribution < -0.4 is 10.6 Å². The molecule has 0 heterocycles. The standard InChI is InChI=1S/C16H20N2O3/c1-15(6-7-15)10-17-14(21)18-12-4-2-11(3-5-12)16(8-9-16)13(19)20/h2-5H,6-10H2,1H3,(H,19,20)(H2,17,18,21). The Kier molecular flexibility index (Phi) is 3.15. The van der Waals surface area contributed by atoms with Gasteiger partial charge in [-0.3, -0.25) is 4.79 Å². The average molecular weight is 288 g/mol. The number of hydrogen-bond donors (Lipinski definition) is 3. The summed E-state index contributed by atoms with van der Waals surface area (Å²) in [5.74, 6) is -0.765. The molecule has 2 fully saturated rings. The number of nitrogens with one attached hydrogen (secondary N) is 2. The van der Waals surface area contributed by atoms with Gasteiger partial charge in [-0.25, -0.2) is 4.79 Å². The van der Waals surface area contributed by atoms with E-state index in [1.165, 1.54) is 12.8 Å². The number of carboxylic acids is 1. The highest BCUT2D eigenvalue weighted by molar-refractivity contribution is 5.89. The second-order valence-corrected chi connectivity index (χ2v) is 6.58. The van der Waals surface area contributed by atoms with E-state index in [4.69, 9.17) is 0 Å². The molecular formula is C16H20N2O3. The lowest BCUT2D eigenvalue weighted by Gasteiger charge is -2.13. The number of urea groups is 1. The Bertz CT molecular complexity index is 572. The van der Waals surface area contributed by atoms with Crippen molar-refractivity contribution in [1.82, 2.24) is 5.32 Å². The summed E-state index contributed by atoms with van der Waals surface area (Å²) in [6.45, 7) is 2.85. The topological polar surface area (TPSA) is 78.4 Å². The van der Waals surface area contributed by atoms with Crippen molar-refractivity contribution in [1.29, 1.82) is 0 Å². The normalized spacial score (nSPS) is 20.4. The summed E-state index contributed by atoms with van der Waals surface area (Å²) in [5.41, 5.74) is 1.08. The van der Waals surface area contributed by atoms with E-state index in [9.17, 15) is 14.7 Å². The Balaban J connectivity index is 1.57. The lowest BCUT2D eigenvalue weighted by atomic mass is 9.96. The number of carbonyl (C=O) groups excluding carboxylic acids is 1. The summed E-state index contributed by atoms with van der Waals surface area (Å²) < 4.78 is 0. The first-order valence-corrected chi connectivity index (χ1v) is 7.32. The fraction of sp³-hybridized carbons (Fsp3) is 0.500. The molecular weight excluding hydrogens is 268 g/mol. The van der Waals surface area contributed by atoms with Gasteiger partial charge in [0.2, 0.25) is 0 Å². The molecule has 112 valence electrons. The molecule has 2 aliphatic carbocycles. The van der Waals surface area contributed by atoms with Crippen LogP contribution in [0, 0.1) is 5.41 Å². The molecule has 0 spiro atoms. The van der Waals surface area contributed by atoms with E-state index < -0.39 is 11.4 Å². The van der Waals surface area contributed by atoms with Crippen LogP contribution >= 0.6 is 0 Å². The molecule has 5 nitrogen and oxygen atoms in total. The summed E-state index contributed by atoms with van der Waals surface area (Å²) in [7, 11) is 0. The van der Waals surface area contributed by atoms with Crippen molar-refractivity contribution in [3.05, 3.63) is 29.8 Å². The molecule has 21 heavy (non-hydrogen) atoms. The lowest BCUT2D eigenvalue weighted by Crippen LogP contribution is -2.32. The number of carbonyl (C=O) groups is 2. The maximum absolute atomic E-state index is 11.8. The van der Waals surface area contributed by atoms with Gasteiger partial charge in [-0.1, -0.05) is 19.1 Å². The number of carboxylic acid groups (broad SMARTS) is 1. The van der Waals surface area contributed by atoms with E-state index in [-0.39, 0.29) is 11.4 Å². The smallest absolute Gasteiger partial charge is 0.319 e. The van der Waals surface area contributed by atoms with Crippen LogP contribution in [0.3, 0.4) is 0 Å². The summed E-state index contributed by atoms with van der Waals surface area (Å²) >= 11 is 0. The van der Waals surface area contributed by atoms with Gasteiger partial charge in [0.15, 0.2) is 0 Å². The van der Waals surface area contributed by atoms with Crippen LogP contribution in [-0.2, 0) is 10.2 Å². The third kappa shape index (κ3) is 2.86. The first-order valence-electron chi connectivity index (χ1n) is 7.32. The van der Waals surface area contributed by atoms with Gasteiger partial charge in [0, 0.05) is 12.2 Å². The predicted octanol–water partition coefficient (Wildman–Crippen LogP) is 2.72. The van der Waals surface area contributed by atoms with Crippen molar-refractivity contribution in [2.24, 2.45) is 5.41 Å². The molecule has 5 heteroatoms. The Morgan fingerprint density at radius 1 is 1.14 bits per heavy atom. The van der Waals surface area contributed by atoms with Crippen LogP contribution in [-0.4, -0.2) is 23.7 Å². The fourth-order valence-electron chi connectivity index (χ4n) is 2.48. The van der Waals surface area contributed by atoms with Crippen molar-refractivity contribution in [3.63, 3.8) is 0 Å². The molecule has 0 aromatic heterocycles. The van der Waals surface area contributed by atoms with Gasteiger partial charge in [0.05, 0.1) is 5.41 Å². The minimum absolute atomic E-state index is 0.213. The van der Waals surface area contributed by atoms with Gasteiger partial charge in [-0.05, 0) is 48.8 Å². The van der Waals surface area contributed by atoms with Crippen molar-refractivity contribution < 1.29 is 14.7 Å². The van der Waals surface area contributed by atoms with E-state index in [1.54, 1.807) is 24.3 Å². The van der Waals surface area contributed by atoms with Crippen LogP contribution in [0.25, 0.3) is 0 Å². The Morgan fingerprint density at radius 2 is 1.76 bits per heavy atom. The SMILES string of the molecule is CC1(CNC(=O)Nc2ccc(C3(C(=O)O)CC3)cc2)CC1. The molecule has 1 aromatic carbocycles. The molecule has 0 unspecified atom stereocenters. The van der Waals surface area contributed by atoms with Crippen LogP contribution in [0.4, 0.5) is 10.5 Å².